The highest BCUT2D eigenvalue weighted by atomic mass is 32.2. The minimum absolute atomic E-state index is 0.00388. The maximum atomic E-state index is 13.0. The van der Waals surface area contributed by atoms with Crippen molar-refractivity contribution >= 4 is 40.6 Å². The van der Waals surface area contributed by atoms with Gasteiger partial charge in [-0.15, -0.1) is 0 Å². The lowest BCUT2D eigenvalue weighted by atomic mass is 9.81. The molecule has 14 heteroatoms. The average molecular weight is 583 g/mol. The van der Waals surface area contributed by atoms with Crippen molar-refractivity contribution in [2.45, 2.75) is 69.7 Å². The van der Waals surface area contributed by atoms with E-state index in [1.54, 1.807) is 6.92 Å². The summed E-state index contributed by atoms with van der Waals surface area (Å²) in [6.07, 6.45) is 0.361. The fourth-order valence-corrected chi connectivity index (χ4v) is 4.97. The summed E-state index contributed by atoms with van der Waals surface area (Å²) in [6, 6.07) is 0. The molecule has 38 heavy (non-hydrogen) atoms. The maximum Gasteiger partial charge on any atom is 0.309 e. The molecular weight excluding hydrogens is 540 g/mol. The largest absolute Gasteiger partial charge is 0.463 e. The summed E-state index contributed by atoms with van der Waals surface area (Å²) in [6.45, 7) is 14.2. The van der Waals surface area contributed by atoms with Gasteiger partial charge < -0.3 is 29.1 Å². The predicted octanol–water partition coefficient (Wildman–Crippen LogP) is 1.94. The first-order valence-electron chi connectivity index (χ1n) is 12.2. The van der Waals surface area contributed by atoms with E-state index in [1.165, 1.54) is 28.1 Å². The Morgan fingerprint density at radius 3 is 1.89 bits per heavy atom. The van der Waals surface area contributed by atoms with Gasteiger partial charge in [-0.1, -0.05) is 6.92 Å². The van der Waals surface area contributed by atoms with E-state index in [9.17, 15) is 22.8 Å². The van der Waals surface area contributed by atoms with Crippen LogP contribution < -0.4 is 5.32 Å². The number of ether oxygens (including phenoxy) is 4. The number of esters is 2. The third-order valence-electron chi connectivity index (χ3n) is 5.83. The molecule has 0 aliphatic carbocycles. The molecule has 1 amide bonds. The van der Waals surface area contributed by atoms with Crippen LogP contribution in [0.15, 0.2) is 0 Å². The molecule has 12 nitrogen and oxygen atoms in total. The Labute approximate surface area is 231 Å². The van der Waals surface area contributed by atoms with Crippen LogP contribution in [0.5, 0.6) is 0 Å². The van der Waals surface area contributed by atoms with Crippen molar-refractivity contribution in [1.82, 2.24) is 5.32 Å². The van der Waals surface area contributed by atoms with Crippen LogP contribution >= 0.6 is 12.6 Å². The second-order valence-electron chi connectivity index (χ2n) is 9.97. The van der Waals surface area contributed by atoms with Gasteiger partial charge in [0.2, 0.25) is 11.4 Å². The van der Waals surface area contributed by atoms with E-state index in [-0.39, 0.29) is 45.7 Å². The Morgan fingerprint density at radius 1 is 0.974 bits per heavy atom. The van der Waals surface area contributed by atoms with Gasteiger partial charge in [0, 0.05) is 34.0 Å². The van der Waals surface area contributed by atoms with E-state index in [0.29, 0.717) is 6.42 Å². The van der Waals surface area contributed by atoms with Gasteiger partial charge in [0.15, 0.2) is 0 Å². The number of rotatable bonds is 19. The minimum Gasteiger partial charge on any atom is -0.463 e. The molecule has 4 atom stereocenters. The number of methoxy groups -OCH3 is 2. The Balaban J connectivity index is 5.90. The second-order valence-corrected chi connectivity index (χ2v) is 12.0. The summed E-state index contributed by atoms with van der Waals surface area (Å²) in [5.41, 5.74) is -2.20. The fourth-order valence-electron chi connectivity index (χ4n) is 3.67. The van der Waals surface area contributed by atoms with E-state index < -0.39 is 61.9 Å². The Hall–Kier alpha value is -1.92. The average Bonchev–Trinajstić information content (AvgIpc) is 2.81. The molecule has 0 fully saturated rings. The van der Waals surface area contributed by atoms with Crippen LogP contribution in [0.2, 0.25) is 0 Å². The van der Waals surface area contributed by atoms with E-state index in [1.807, 2.05) is 6.92 Å². The van der Waals surface area contributed by atoms with Crippen molar-refractivity contribution in [2.75, 3.05) is 46.4 Å². The summed E-state index contributed by atoms with van der Waals surface area (Å²) in [5, 5.41) is 1.42. The van der Waals surface area contributed by atoms with Crippen LogP contribution in [-0.2, 0) is 43.4 Å². The quantitative estimate of drug-likeness (QED) is 0.0675. The highest BCUT2D eigenvalue weighted by molar-refractivity contribution is 7.85. The number of carbonyl (C=O) groups is 3. The zero-order chi connectivity index (χ0) is 29.6. The zero-order valence-electron chi connectivity index (χ0n) is 23.0. The number of thiol groups is 1. The van der Waals surface area contributed by atoms with Crippen molar-refractivity contribution in [3.63, 3.8) is 0 Å². The number of nitrogens with zero attached hydrogens (tertiary/aromatic N) is 1. The van der Waals surface area contributed by atoms with Crippen molar-refractivity contribution in [2.24, 2.45) is 11.8 Å². The van der Waals surface area contributed by atoms with Crippen LogP contribution in [0.4, 0.5) is 0 Å². The molecule has 0 rings (SSSR count). The number of hydrogen-bond donors (Lipinski definition) is 3. The van der Waals surface area contributed by atoms with Crippen LogP contribution in [0, 0.1) is 18.4 Å². The van der Waals surface area contributed by atoms with Gasteiger partial charge in [-0.25, -0.2) is 6.57 Å². The minimum atomic E-state index is -4.37. The first-order valence-corrected chi connectivity index (χ1v) is 14.3. The van der Waals surface area contributed by atoms with E-state index >= 15 is 0 Å². The molecule has 0 spiro atoms. The molecule has 0 aromatic heterocycles. The van der Waals surface area contributed by atoms with Gasteiger partial charge in [0.05, 0.1) is 41.6 Å². The molecule has 0 aromatic carbocycles. The standard InChI is InChI=1S/C24H42N2O10S2/c1-8-24(4,25-5)15-18(22(29)36-12-10-34-7)13-17(21(28)35-11-9-33-6)14-19(37)20(27)26-23(2,3)16-38(30,31)32/h17-19,37H,8-16H2,1-4,6-7H3,(H,26,27)(H,30,31,32). The topological polar surface area (TPSA) is 159 Å². The summed E-state index contributed by atoms with van der Waals surface area (Å²) >= 11 is 4.32. The van der Waals surface area contributed by atoms with Gasteiger partial charge in [0.25, 0.3) is 10.1 Å². The van der Waals surface area contributed by atoms with E-state index in [4.69, 9.17) is 30.1 Å². The van der Waals surface area contributed by atoms with Crippen molar-refractivity contribution in [3.05, 3.63) is 11.4 Å². The predicted molar refractivity (Wildman–Crippen MR) is 143 cm³/mol. The molecule has 4 unspecified atom stereocenters. The van der Waals surface area contributed by atoms with E-state index in [0.717, 1.165) is 0 Å². The van der Waals surface area contributed by atoms with Crippen LogP contribution in [0.25, 0.3) is 4.85 Å². The summed E-state index contributed by atoms with van der Waals surface area (Å²) in [7, 11) is -1.47. The van der Waals surface area contributed by atoms with Crippen molar-refractivity contribution < 1.29 is 46.3 Å². The van der Waals surface area contributed by atoms with Crippen LogP contribution in [0.1, 0.15) is 53.4 Å². The summed E-state index contributed by atoms with van der Waals surface area (Å²) in [4.78, 5) is 42.4. The summed E-state index contributed by atoms with van der Waals surface area (Å²) in [5.74, 6) is -4.51. The lowest BCUT2D eigenvalue weighted by Crippen LogP contribution is -2.51. The Bertz CT molecular complexity index is 920. The lowest BCUT2D eigenvalue weighted by Gasteiger charge is -2.28. The highest BCUT2D eigenvalue weighted by Crippen LogP contribution is 2.32. The molecule has 0 bridgehead atoms. The Morgan fingerprint density at radius 2 is 1.47 bits per heavy atom. The molecule has 220 valence electrons. The number of hydrogen-bond acceptors (Lipinski definition) is 10. The molecule has 0 saturated heterocycles. The molecule has 2 N–H and O–H groups in total. The molecule has 0 saturated carbocycles. The number of carbonyl (C=O) groups excluding carboxylic acids is 3. The van der Waals surface area contributed by atoms with E-state index in [2.05, 4.69) is 22.8 Å². The fraction of sp³-hybridized carbons (Fsp3) is 0.833. The van der Waals surface area contributed by atoms with Crippen LogP contribution in [0.3, 0.4) is 0 Å². The van der Waals surface area contributed by atoms with Gasteiger partial charge in [-0.05, 0) is 26.7 Å². The number of amides is 1. The summed E-state index contributed by atoms with van der Waals surface area (Å²) < 4.78 is 52.1. The highest BCUT2D eigenvalue weighted by Gasteiger charge is 2.40. The lowest BCUT2D eigenvalue weighted by molar-refractivity contribution is -0.155. The maximum absolute atomic E-state index is 13.0. The van der Waals surface area contributed by atoms with Gasteiger partial charge in [0.1, 0.15) is 13.2 Å². The van der Waals surface area contributed by atoms with Gasteiger partial charge in [-0.3, -0.25) is 18.9 Å². The van der Waals surface area contributed by atoms with Gasteiger partial charge in [-0.2, -0.15) is 21.0 Å². The van der Waals surface area contributed by atoms with Crippen molar-refractivity contribution in [1.29, 1.82) is 0 Å². The zero-order valence-corrected chi connectivity index (χ0v) is 24.7. The van der Waals surface area contributed by atoms with Crippen molar-refractivity contribution in [3.8, 4) is 0 Å². The molecule has 0 heterocycles. The second kappa shape index (κ2) is 16.9. The van der Waals surface area contributed by atoms with Gasteiger partial charge >= 0.3 is 11.9 Å². The first kappa shape index (κ1) is 36.1. The van der Waals surface area contributed by atoms with Crippen LogP contribution in [-0.4, -0.2) is 93.5 Å². The Kier molecular flexibility index (Phi) is 16.1. The molecule has 0 aromatic rings. The SMILES string of the molecule is [C-]#[N+]C(C)(CC)CC(CC(CC(S)C(=O)NC(C)(C)CS(=O)(=O)O)C(=O)OCCOC)C(=O)OCCOC. The molecule has 0 radical (unpaired) electrons. The molecular formula is C24H42N2O10S2. The third-order valence-corrected chi connectivity index (χ3v) is 7.36. The smallest absolute Gasteiger partial charge is 0.309 e. The first-order chi connectivity index (χ1) is 17.5. The molecule has 0 aliphatic heterocycles. The normalized spacial score (nSPS) is 15.9. The number of nitrogens with one attached hydrogen (secondary N) is 1. The monoisotopic (exact) mass is 582 g/mol. The third kappa shape index (κ3) is 14.9. The molecule has 0 aliphatic rings.